The molecular weight excluding hydrogens is 232 g/mol. The molecule has 2 aliphatic heterocycles. The van der Waals surface area contributed by atoms with Gasteiger partial charge < -0.3 is 10.5 Å². The van der Waals surface area contributed by atoms with Gasteiger partial charge in [0.2, 0.25) is 5.91 Å². The van der Waals surface area contributed by atoms with Crippen LogP contribution in [0.15, 0.2) is 0 Å². The summed E-state index contributed by atoms with van der Waals surface area (Å²) in [4.78, 5) is 25.0. The molecule has 0 radical (unpaired) electrons. The molecule has 2 fully saturated rings. The van der Waals surface area contributed by atoms with Crippen LogP contribution in [0, 0.1) is 11.8 Å². The third-order valence-corrected chi connectivity index (χ3v) is 3.96. The maximum absolute atomic E-state index is 12.0. The molecule has 5 heteroatoms. The standard InChI is InChI=1S/C13H22N2O3/c14-13(17)7-10-1-4-15(5-2-10)8-12(16)11-3-6-18-9-11/h10-11H,1-9H2,(H2,14,17). The van der Waals surface area contributed by atoms with Gasteiger partial charge in [-0.3, -0.25) is 14.5 Å². The lowest BCUT2D eigenvalue weighted by Crippen LogP contribution is -2.40. The highest BCUT2D eigenvalue weighted by atomic mass is 16.5. The number of Topliss-reactive ketones (excluding diaryl/α,β-unsaturated/α-hetero) is 1. The number of nitrogens with zero attached hydrogens (tertiary/aromatic N) is 1. The van der Waals surface area contributed by atoms with Crippen molar-refractivity contribution in [3.8, 4) is 0 Å². The highest BCUT2D eigenvalue weighted by Gasteiger charge is 2.27. The Balaban J connectivity index is 1.69. The second-order valence-electron chi connectivity index (χ2n) is 5.42. The summed E-state index contributed by atoms with van der Waals surface area (Å²) in [6, 6.07) is 0. The molecule has 2 heterocycles. The van der Waals surface area contributed by atoms with E-state index >= 15 is 0 Å². The number of hydrogen-bond acceptors (Lipinski definition) is 4. The number of nitrogens with two attached hydrogens (primary N) is 1. The van der Waals surface area contributed by atoms with Crippen LogP contribution in [-0.2, 0) is 14.3 Å². The molecule has 0 spiro atoms. The van der Waals surface area contributed by atoms with Crippen molar-refractivity contribution in [2.75, 3.05) is 32.8 Å². The molecule has 0 aliphatic carbocycles. The SMILES string of the molecule is NC(=O)CC1CCN(CC(=O)C2CCOC2)CC1. The molecule has 2 N–H and O–H groups in total. The number of ether oxygens (including phenoxy) is 1. The van der Waals surface area contributed by atoms with Crippen LogP contribution in [0.3, 0.4) is 0 Å². The molecule has 0 aromatic rings. The van der Waals surface area contributed by atoms with E-state index in [9.17, 15) is 9.59 Å². The molecule has 2 saturated heterocycles. The van der Waals surface area contributed by atoms with E-state index < -0.39 is 0 Å². The van der Waals surface area contributed by atoms with E-state index in [1.165, 1.54) is 0 Å². The van der Waals surface area contributed by atoms with Crippen LogP contribution in [0.5, 0.6) is 0 Å². The van der Waals surface area contributed by atoms with Crippen molar-refractivity contribution in [3.63, 3.8) is 0 Å². The van der Waals surface area contributed by atoms with E-state index in [2.05, 4.69) is 4.90 Å². The van der Waals surface area contributed by atoms with Gasteiger partial charge in [-0.1, -0.05) is 0 Å². The molecular formula is C13H22N2O3. The minimum atomic E-state index is -0.215. The van der Waals surface area contributed by atoms with Gasteiger partial charge in [-0.05, 0) is 38.3 Å². The number of hydrogen-bond donors (Lipinski definition) is 1. The van der Waals surface area contributed by atoms with Crippen molar-refractivity contribution in [3.05, 3.63) is 0 Å². The first-order chi connectivity index (χ1) is 8.65. The molecule has 0 saturated carbocycles. The van der Waals surface area contributed by atoms with Crippen LogP contribution < -0.4 is 5.73 Å². The number of piperidine rings is 1. The molecule has 5 nitrogen and oxygen atoms in total. The predicted octanol–water partition coefficient (Wildman–Crippen LogP) is 0.179. The minimum Gasteiger partial charge on any atom is -0.381 e. The highest BCUT2D eigenvalue weighted by Crippen LogP contribution is 2.21. The summed E-state index contributed by atoms with van der Waals surface area (Å²) >= 11 is 0. The normalized spacial score (nSPS) is 26.3. The minimum absolute atomic E-state index is 0.105. The third-order valence-electron chi connectivity index (χ3n) is 3.96. The first kappa shape index (κ1) is 13.5. The first-order valence-corrected chi connectivity index (χ1v) is 6.76. The number of likely N-dealkylation sites (tertiary alicyclic amines) is 1. The van der Waals surface area contributed by atoms with Crippen LogP contribution in [0.2, 0.25) is 0 Å². The lowest BCUT2D eigenvalue weighted by Gasteiger charge is -2.31. The number of ketones is 1. The Hall–Kier alpha value is -0.940. The zero-order valence-electron chi connectivity index (χ0n) is 10.8. The average molecular weight is 254 g/mol. The van der Waals surface area contributed by atoms with E-state index in [1.807, 2.05) is 0 Å². The van der Waals surface area contributed by atoms with Crippen molar-refractivity contribution in [2.45, 2.75) is 25.7 Å². The monoisotopic (exact) mass is 254 g/mol. The van der Waals surface area contributed by atoms with Gasteiger partial charge in [0.1, 0.15) is 0 Å². The van der Waals surface area contributed by atoms with Crippen molar-refractivity contribution < 1.29 is 14.3 Å². The first-order valence-electron chi connectivity index (χ1n) is 6.76. The summed E-state index contributed by atoms with van der Waals surface area (Å²) in [5, 5.41) is 0. The number of rotatable bonds is 5. The fourth-order valence-corrected chi connectivity index (χ4v) is 2.77. The molecule has 0 aromatic carbocycles. The fraction of sp³-hybridized carbons (Fsp3) is 0.846. The summed E-state index contributed by atoms with van der Waals surface area (Å²) in [5.41, 5.74) is 5.20. The Bertz CT molecular complexity index is 305. The second-order valence-corrected chi connectivity index (χ2v) is 5.42. The van der Waals surface area contributed by atoms with Gasteiger partial charge >= 0.3 is 0 Å². The highest BCUT2D eigenvalue weighted by molar-refractivity contribution is 5.83. The third kappa shape index (κ3) is 3.78. The molecule has 18 heavy (non-hydrogen) atoms. The molecule has 1 atom stereocenters. The maximum atomic E-state index is 12.0. The molecule has 1 amide bonds. The summed E-state index contributed by atoms with van der Waals surface area (Å²) in [7, 11) is 0. The summed E-state index contributed by atoms with van der Waals surface area (Å²) in [5.74, 6) is 0.602. The van der Waals surface area contributed by atoms with Crippen molar-refractivity contribution in [1.29, 1.82) is 0 Å². The number of carbonyl (C=O) groups excluding carboxylic acids is 2. The van der Waals surface area contributed by atoms with Gasteiger partial charge in [-0.2, -0.15) is 0 Å². The van der Waals surface area contributed by atoms with E-state index in [0.717, 1.165) is 39.0 Å². The largest absolute Gasteiger partial charge is 0.381 e. The van der Waals surface area contributed by atoms with Gasteiger partial charge in [0.25, 0.3) is 0 Å². The predicted molar refractivity (Wildman–Crippen MR) is 66.9 cm³/mol. The molecule has 0 aromatic heterocycles. The van der Waals surface area contributed by atoms with Crippen molar-refractivity contribution in [1.82, 2.24) is 4.90 Å². The van der Waals surface area contributed by atoms with Crippen LogP contribution in [-0.4, -0.2) is 49.4 Å². The van der Waals surface area contributed by atoms with Crippen LogP contribution in [0.1, 0.15) is 25.7 Å². The van der Waals surface area contributed by atoms with Gasteiger partial charge in [-0.15, -0.1) is 0 Å². The zero-order valence-corrected chi connectivity index (χ0v) is 10.8. The Kier molecular flexibility index (Phi) is 4.72. The van der Waals surface area contributed by atoms with Crippen molar-refractivity contribution in [2.24, 2.45) is 17.6 Å². The molecule has 0 bridgehead atoms. The quantitative estimate of drug-likeness (QED) is 0.759. The Morgan fingerprint density at radius 2 is 1.94 bits per heavy atom. The number of primary amides is 1. The number of carbonyl (C=O) groups is 2. The molecule has 1 unspecified atom stereocenters. The van der Waals surface area contributed by atoms with Gasteiger partial charge in [0.05, 0.1) is 13.2 Å². The second kappa shape index (κ2) is 6.29. The Labute approximate surface area is 108 Å². The Morgan fingerprint density at radius 3 is 2.50 bits per heavy atom. The Morgan fingerprint density at radius 1 is 1.22 bits per heavy atom. The van der Waals surface area contributed by atoms with Crippen LogP contribution >= 0.6 is 0 Å². The maximum Gasteiger partial charge on any atom is 0.217 e. The molecule has 2 aliphatic rings. The van der Waals surface area contributed by atoms with Crippen LogP contribution in [0.25, 0.3) is 0 Å². The smallest absolute Gasteiger partial charge is 0.217 e. The lowest BCUT2D eigenvalue weighted by molar-refractivity contribution is -0.125. The summed E-state index contributed by atoms with van der Waals surface area (Å²) in [6.07, 6.45) is 3.30. The van der Waals surface area contributed by atoms with Gasteiger partial charge in [0, 0.05) is 18.9 Å². The molecule has 102 valence electrons. The van der Waals surface area contributed by atoms with E-state index in [4.69, 9.17) is 10.5 Å². The zero-order chi connectivity index (χ0) is 13.0. The average Bonchev–Trinajstić information content (AvgIpc) is 2.84. The molecule has 2 rings (SSSR count). The number of amides is 1. The van der Waals surface area contributed by atoms with E-state index in [-0.39, 0.29) is 11.8 Å². The van der Waals surface area contributed by atoms with Crippen LogP contribution in [0.4, 0.5) is 0 Å². The topological polar surface area (TPSA) is 72.6 Å². The summed E-state index contributed by atoms with van der Waals surface area (Å²) in [6.45, 7) is 3.65. The fourth-order valence-electron chi connectivity index (χ4n) is 2.77. The van der Waals surface area contributed by atoms with E-state index in [1.54, 1.807) is 0 Å². The van der Waals surface area contributed by atoms with Gasteiger partial charge in [0.15, 0.2) is 5.78 Å². The lowest BCUT2D eigenvalue weighted by atomic mass is 9.92. The van der Waals surface area contributed by atoms with Gasteiger partial charge in [-0.25, -0.2) is 0 Å². The summed E-state index contributed by atoms with van der Waals surface area (Å²) < 4.78 is 5.24. The van der Waals surface area contributed by atoms with E-state index in [0.29, 0.717) is 31.3 Å². The van der Waals surface area contributed by atoms with Crippen molar-refractivity contribution >= 4 is 11.7 Å².